The molecular formula is C46H52F2N8O5. The molecule has 0 aliphatic carbocycles. The second-order valence-corrected chi connectivity index (χ2v) is 18.1. The standard InChI is InChI=1S/C46H52F2N8O5/c1-27-17-35-32(5-6-37-36(35)21-49-51-37)43(55(27)25-40(47)48)33-4-3-31(20-39(33)61-2)53-13-9-46(10-14-53)11-15-54(16-12-46)42(58)26-52-22-28-18-30-24-56(38-7-8-41(57)50-44(38)59)45(60)34(30)19-29(28)23-52/h3-6,18-21,27,38,40,43H,7-17,22-26H2,1-2H3,(H,49,51)(H,50,57,59)/t27-,38?,43+/m1/s1. The number of rotatable bonds is 8. The lowest BCUT2D eigenvalue weighted by Gasteiger charge is -2.47. The van der Waals surface area contributed by atoms with E-state index in [1.54, 1.807) is 12.0 Å². The van der Waals surface area contributed by atoms with Crippen LogP contribution in [0.2, 0.25) is 0 Å². The van der Waals surface area contributed by atoms with Gasteiger partial charge in [0.05, 0.1) is 38.0 Å². The Hall–Kier alpha value is -5.41. The molecule has 1 unspecified atom stereocenters. The molecule has 3 atom stereocenters. The third kappa shape index (κ3) is 7.12. The lowest BCUT2D eigenvalue weighted by molar-refractivity contribution is -0.137. The van der Waals surface area contributed by atoms with Crippen LogP contribution >= 0.6 is 0 Å². The number of hydrogen-bond acceptors (Lipinski definition) is 9. The summed E-state index contributed by atoms with van der Waals surface area (Å²) in [6.45, 7) is 6.84. The Kier molecular flexibility index (Phi) is 10.1. The van der Waals surface area contributed by atoms with Crippen LogP contribution in [0.15, 0.2) is 48.7 Å². The molecule has 4 aromatic rings. The SMILES string of the molecule is COc1cc(N2CCC3(CCN(C(=O)CN4Cc5cc6c(cc5C4)C(=O)N(C4CCC(=O)NC4=O)C6)CC3)CC2)ccc1[C@@H]1c2ccc3[nH]ncc3c2C[C@@H](C)N1CC(F)F. The predicted molar refractivity (Wildman–Crippen MR) is 223 cm³/mol. The number of carbonyl (C=O) groups is 4. The van der Waals surface area contributed by atoms with Crippen molar-refractivity contribution in [1.82, 2.24) is 35.1 Å². The number of anilines is 1. The highest BCUT2D eigenvalue weighted by Crippen LogP contribution is 2.46. The number of halogens is 2. The van der Waals surface area contributed by atoms with Crippen LogP contribution in [0.4, 0.5) is 14.5 Å². The van der Waals surface area contributed by atoms with Gasteiger partial charge < -0.3 is 19.4 Å². The number of amides is 4. The number of carbonyl (C=O) groups excluding carboxylic acids is 4. The molecule has 320 valence electrons. The number of hydrogen-bond donors (Lipinski definition) is 2. The fourth-order valence-corrected chi connectivity index (χ4v) is 11.3. The van der Waals surface area contributed by atoms with Gasteiger partial charge in [-0.15, -0.1) is 0 Å². The largest absolute Gasteiger partial charge is 0.496 e. The highest BCUT2D eigenvalue weighted by Gasteiger charge is 2.42. The number of fused-ring (bicyclic) bond motifs is 5. The first-order valence-corrected chi connectivity index (χ1v) is 21.7. The second-order valence-electron chi connectivity index (χ2n) is 18.1. The molecule has 15 heteroatoms. The molecule has 3 fully saturated rings. The first-order chi connectivity index (χ1) is 29.5. The maximum Gasteiger partial charge on any atom is 0.255 e. The lowest BCUT2D eigenvalue weighted by Crippen LogP contribution is -2.52. The van der Waals surface area contributed by atoms with Gasteiger partial charge in [0.1, 0.15) is 11.8 Å². The van der Waals surface area contributed by atoms with E-state index in [1.807, 2.05) is 41.1 Å². The number of methoxy groups -OCH3 is 1. The number of nitrogens with one attached hydrogen (secondary N) is 2. The van der Waals surface area contributed by atoms with Crippen molar-refractivity contribution < 1.29 is 32.7 Å². The van der Waals surface area contributed by atoms with E-state index < -0.39 is 18.4 Å². The molecular weight excluding hydrogens is 783 g/mol. The van der Waals surface area contributed by atoms with Crippen LogP contribution in [0.3, 0.4) is 0 Å². The van der Waals surface area contributed by atoms with Crippen molar-refractivity contribution >= 4 is 40.2 Å². The molecule has 3 saturated heterocycles. The van der Waals surface area contributed by atoms with Gasteiger partial charge in [0, 0.05) is 86.5 Å². The minimum atomic E-state index is -2.47. The summed E-state index contributed by atoms with van der Waals surface area (Å²) in [7, 11) is 1.66. The first kappa shape index (κ1) is 39.7. The van der Waals surface area contributed by atoms with Crippen LogP contribution in [0.1, 0.15) is 95.2 Å². The van der Waals surface area contributed by atoms with Gasteiger partial charge in [-0.25, -0.2) is 8.78 Å². The molecule has 7 heterocycles. The van der Waals surface area contributed by atoms with E-state index in [-0.39, 0.29) is 48.2 Å². The zero-order valence-corrected chi connectivity index (χ0v) is 34.7. The van der Waals surface area contributed by atoms with Gasteiger partial charge in [-0.2, -0.15) is 5.10 Å². The van der Waals surface area contributed by atoms with Gasteiger partial charge >= 0.3 is 0 Å². The molecule has 0 saturated carbocycles. The van der Waals surface area contributed by atoms with Gasteiger partial charge in [-0.05, 0) is 96.9 Å². The topological polar surface area (TPSA) is 134 Å². The molecule has 6 aliphatic rings. The van der Waals surface area contributed by atoms with E-state index >= 15 is 0 Å². The number of aromatic amines is 1. The average molecular weight is 835 g/mol. The van der Waals surface area contributed by atoms with Crippen LogP contribution in [0, 0.1) is 5.41 Å². The normalized spacial score (nSPS) is 24.1. The van der Waals surface area contributed by atoms with Gasteiger partial charge in [0.15, 0.2) is 0 Å². The Morgan fingerprint density at radius 2 is 1.67 bits per heavy atom. The molecule has 3 aromatic carbocycles. The summed E-state index contributed by atoms with van der Waals surface area (Å²) < 4.78 is 34.2. The quantitative estimate of drug-likeness (QED) is 0.231. The fraction of sp³-hybridized carbons (Fsp3) is 0.500. The molecule has 1 spiro atoms. The van der Waals surface area contributed by atoms with E-state index in [0.717, 1.165) is 102 Å². The first-order valence-electron chi connectivity index (χ1n) is 21.7. The molecule has 10 rings (SSSR count). The number of nitrogens with zero attached hydrogens (tertiary/aromatic N) is 6. The minimum Gasteiger partial charge on any atom is -0.496 e. The zero-order valence-electron chi connectivity index (χ0n) is 34.7. The maximum absolute atomic E-state index is 14.1. The van der Waals surface area contributed by atoms with E-state index in [4.69, 9.17) is 4.74 Å². The highest BCUT2D eigenvalue weighted by molar-refractivity contribution is 6.05. The summed E-state index contributed by atoms with van der Waals surface area (Å²) in [5, 5.41) is 10.7. The summed E-state index contributed by atoms with van der Waals surface area (Å²) in [5.74, 6) is -0.0650. The van der Waals surface area contributed by atoms with Crippen molar-refractivity contribution in [2.24, 2.45) is 5.41 Å². The monoisotopic (exact) mass is 834 g/mol. The van der Waals surface area contributed by atoms with Crippen molar-refractivity contribution in [1.29, 1.82) is 0 Å². The van der Waals surface area contributed by atoms with Crippen molar-refractivity contribution in [3.05, 3.63) is 87.6 Å². The Morgan fingerprint density at radius 3 is 2.41 bits per heavy atom. The summed E-state index contributed by atoms with van der Waals surface area (Å²) in [5.41, 5.74) is 8.87. The number of alkyl halides is 2. The van der Waals surface area contributed by atoms with Gasteiger partial charge in [0.25, 0.3) is 12.3 Å². The molecule has 0 radical (unpaired) electrons. The smallest absolute Gasteiger partial charge is 0.255 e. The van der Waals surface area contributed by atoms with Crippen molar-refractivity contribution in [3.63, 3.8) is 0 Å². The Labute approximate surface area is 353 Å². The molecule has 13 nitrogen and oxygen atoms in total. The molecule has 0 bridgehead atoms. The van der Waals surface area contributed by atoms with Crippen molar-refractivity contribution in [2.75, 3.05) is 51.3 Å². The van der Waals surface area contributed by atoms with Crippen LogP contribution in [0.5, 0.6) is 5.75 Å². The van der Waals surface area contributed by atoms with E-state index in [0.29, 0.717) is 50.3 Å². The number of imide groups is 1. The number of piperidine rings is 3. The highest BCUT2D eigenvalue weighted by atomic mass is 19.3. The third-order valence-corrected chi connectivity index (χ3v) is 14.7. The number of aromatic nitrogens is 2. The van der Waals surface area contributed by atoms with Crippen LogP contribution in [-0.2, 0) is 40.4 Å². The van der Waals surface area contributed by atoms with Gasteiger partial charge in [0.2, 0.25) is 17.7 Å². The summed E-state index contributed by atoms with van der Waals surface area (Å²) >= 11 is 0. The van der Waals surface area contributed by atoms with E-state index in [2.05, 4.69) is 49.6 Å². The van der Waals surface area contributed by atoms with Crippen molar-refractivity contribution in [2.45, 2.75) is 96.1 Å². The van der Waals surface area contributed by atoms with E-state index in [9.17, 15) is 28.0 Å². The minimum absolute atomic E-state index is 0.106. The van der Waals surface area contributed by atoms with Crippen LogP contribution in [-0.4, -0.2) is 118 Å². The van der Waals surface area contributed by atoms with Crippen LogP contribution < -0.4 is 15.0 Å². The number of benzene rings is 3. The fourth-order valence-electron chi connectivity index (χ4n) is 11.3. The molecule has 61 heavy (non-hydrogen) atoms. The molecule has 6 aliphatic heterocycles. The number of ether oxygens (including phenoxy) is 1. The lowest BCUT2D eigenvalue weighted by atomic mass is 9.71. The predicted octanol–water partition coefficient (Wildman–Crippen LogP) is 5.16. The van der Waals surface area contributed by atoms with Crippen molar-refractivity contribution in [3.8, 4) is 5.75 Å². The Balaban J connectivity index is 0.750. The summed E-state index contributed by atoms with van der Waals surface area (Å²) in [6.07, 6.45) is 4.58. The second kappa shape index (κ2) is 15.5. The van der Waals surface area contributed by atoms with Gasteiger partial charge in [-0.1, -0.05) is 18.2 Å². The Morgan fingerprint density at radius 1 is 0.934 bits per heavy atom. The third-order valence-electron chi connectivity index (χ3n) is 14.7. The maximum atomic E-state index is 14.1. The number of H-pyrrole nitrogens is 1. The summed E-state index contributed by atoms with van der Waals surface area (Å²) in [6, 6.07) is 13.1. The van der Waals surface area contributed by atoms with Crippen LogP contribution in [0.25, 0.3) is 10.9 Å². The molecule has 1 aromatic heterocycles. The van der Waals surface area contributed by atoms with E-state index in [1.165, 1.54) is 0 Å². The molecule has 4 amide bonds. The number of likely N-dealkylation sites (tertiary alicyclic amines) is 1. The zero-order chi connectivity index (χ0) is 42.2. The Bertz CT molecular complexity index is 2420. The summed E-state index contributed by atoms with van der Waals surface area (Å²) in [4.78, 5) is 61.2. The average Bonchev–Trinajstić information content (AvgIpc) is 3.97. The molecule has 2 N–H and O–H groups in total. The van der Waals surface area contributed by atoms with Gasteiger partial charge in [-0.3, -0.25) is 39.4 Å².